The van der Waals surface area contributed by atoms with Crippen molar-refractivity contribution in [1.82, 2.24) is 0 Å². The van der Waals surface area contributed by atoms with Crippen LogP contribution in [0.4, 0.5) is 0 Å². The van der Waals surface area contributed by atoms with E-state index in [9.17, 15) is 9.90 Å². The molecular weight excluding hydrogens is 428 g/mol. The average Bonchev–Trinajstić information content (AvgIpc) is 3.08. The van der Waals surface area contributed by atoms with Crippen molar-refractivity contribution in [3.05, 3.63) is 93.0 Å². The predicted molar refractivity (Wildman–Crippen MR) is 117 cm³/mol. The second-order valence-electron chi connectivity index (χ2n) is 7.29. The summed E-state index contributed by atoms with van der Waals surface area (Å²) in [6.45, 7) is 2.15. The fraction of sp³-hybridized carbons (Fsp3) is 0.208. The van der Waals surface area contributed by atoms with Gasteiger partial charge >= 0.3 is 5.97 Å². The lowest BCUT2D eigenvalue weighted by Crippen LogP contribution is -2.26. The van der Waals surface area contributed by atoms with Crippen LogP contribution in [0.5, 0.6) is 0 Å². The molecule has 0 fully saturated rings. The first kappa shape index (κ1) is 19.5. The summed E-state index contributed by atoms with van der Waals surface area (Å²) in [4.78, 5) is 21.5. The van der Waals surface area contributed by atoms with Crippen LogP contribution in [0.1, 0.15) is 35.7 Å². The van der Waals surface area contributed by atoms with Crippen molar-refractivity contribution in [3.8, 4) is 11.1 Å². The lowest BCUT2D eigenvalue weighted by molar-refractivity contribution is 0.0697. The molecule has 1 aliphatic heterocycles. The predicted octanol–water partition coefficient (Wildman–Crippen LogP) is 4.81. The number of halogens is 1. The molecule has 1 unspecified atom stereocenters. The monoisotopic (exact) mass is 448 g/mol. The maximum absolute atomic E-state index is 11.5. The number of nitrogens with zero attached hydrogens (tertiary/aromatic N) is 2. The molecule has 0 aliphatic carbocycles. The van der Waals surface area contributed by atoms with Crippen LogP contribution in [0.2, 0.25) is 0 Å². The standard InChI is InChI=1S/C24H21BrN2O2/c1-2-14-24(26-21-9-5-8-20(25)22(21)27-24)15-16-10-12-17(13-11-16)18-6-3-4-7-19(18)23(28)29/h3-13H,2,14-15H2,1H3,(H,28,29). The first-order valence-electron chi connectivity index (χ1n) is 9.67. The molecule has 0 saturated heterocycles. The number of rotatable bonds is 6. The number of hydrogen-bond acceptors (Lipinski definition) is 3. The summed E-state index contributed by atoms with van der Waals surface area (Å²) in [5, 5.41) is 11.3. The Labute approximate surface area is 177 Å². The van der Waals surface area contributed by atoms with Crippen LogP contribution in [0.25, 0.3) is 11.1 Å². The van der Waals surface area contributed by atoms with E-state index >= 15 is 0 Å². The summed E-state index contributed by atoms with van der Waals surface area (Å²) in [5.41, 5.74) is 2.57. The third kappa shape index (κ3) is 3.87. The molecule has 0 bridgehead atoms. The Morgan fingerprint density at radius 1 is 1.00 bits per heavy atom. The van der Waals surface area contributed by atoms with E-state index in [4.69, 9.17) is 9.98 Å². The summed E-state index contributed by atoms with van der Waals surface area (Å²) < 4.78 is 0.970. The quantitative estimate of drug-likeness (QED) is 0.588. The van der Waals surface area contributed by atoms with E-state index in [0.717, 1.165) is 44.7 Å². The molecule has 0 amide bonds. The number of fused-ring (bicyclic) bond motifs is 1. The van der Waals surface area contributed by atoms with Gasteiger partial charge in [-0.15, -0.1) is 0 Å². The van der Waals surface area contributed by atoms with Crippen LogP contribution in [-0.2, 0) is 6.42 Å². The third-order valence-electron chi connectivity index (χ3n) is 5.17. The summed E-state index contributed by atoms with van der Waals surface area (Å²) >= 11 is 3.59. The van der Waals surface area contributed by atoms with Gasteiger partial charge < -0.3 is 5.11 Å². The lowest BCUT2D eigenvalue weighted by Gasteiger charge is -2.23. The van der Waals surface area contributed by atoms with Gasteiger partial charge in [0.15, 0.2) is 5.66 Å². The van der Waals surface area contributed by atoms with Crippen molar-refractivity contribution in [2.75, 3.05) is 0 Å². The molecule has 0 saturated carbocycles. The largest absolute Gasteiger partial charge is 0.478 e. The number of carboxylic acids is 1. The minimum Gasteiger partial charge on any atom is -0.478 e. The van der Waals surface area contributed by atoms with Gasteiger partial charge in [0.05, 0.1) is 16.3 Å². The topological polar surface area (TPSA) is 62.0 Å². The van der Waals surface area contributed by atoms with Crippen LogP contribution in [0.15, 0.2) is 81.2 Å². The summed E-state index contributed by atoms with van der Waals surface area (Å²) in [7, 11) is 0. The molecule has 5 heteroatoms. The highest BCUT2D eigenvalue weighted by Gasteiger charge is 2.31. The normalized spacial score (nSPS) is 17.3. The van der Waals surface area contributed by atoms with Gasteiger partial charge in [-0.2, -0.15) is 0 Å². The van der Waals surface area contributed by atoms with Gasteiger partial charge in [0, 0.05) is 10.9 Å². The maximum Gasteiger partial charge on any atom is 0.336 e. The smallest absolute Gasteiger partial charge is 0.336 e. The molecule has 1 heterocycles. The van der Waals surface area contributed by atoms with Crippen LogP contribution in [-0.4, -0.2) is 16.7 Å². The molecule has 1 aliphatic rings. The Kier molecular flexibility index (Phi) is 5.33. The molecule has 146 valence electrons. The molecule has 1 atom stereocenters. The van der Waals surface area contributed by atoms with Crippen LogP contribution in [0.3, 0.4) is 0 Å². The van der Waals surface area contributed by atoms with Gasteiger partial charge in [-0.1, -0.05) is 61.9 Å². The van der Waals surface area contributed by atoms with E-state index in [1.54, 1.807) is 12.1 Å². The highest BCUT2D eigenvalue weighted by atomic mass is 79.9. The Bertz CT molecular complexity index is 1190. The molecule has 29 heavy (non-hydrogen) atoms. The van der Waals surface area contributed by atoms with Crippen molar-refractivity contribution < 1.29 is 9.90 Å². The van der Waals surface area contributed by atoms with E-state index in [-0.39, 0.29) is 0 Å². The zero-order valence-electron chi connectivity index (χ0n) is 16.1. The van der Waals surface area contributed by atoms with Gasteiger partial charge in [0.2, 0.25) is 0 Å². The molecular formula is C24H21BrN2O2. The fourth-order valence-corrected chi connectivity index (χ4v) is 4.34. The molecule has 4 nitrogen and oxygen atoms in total. The van der Waals surface area contributed by atoms with E-state index in [1.165, 1.54) is 0 Å². The van der Waals surface area contributed by atoms with Crippen molar-refractivity contribution >= 4 is 21.9 Å². The Balaban J connectivity index is 1.67. The molecule has 0 radical (unpaired) electrons. The maximum atomic E-state index is 11.5. The van der Waals surface area contributed by atoms with E-state index in [1.807, 2.05) is 42.5 Å². The second kappa shape index (κ2) is 7.91. The second-order valence-corrected chi connectivity index (χ2v) is 8.14. The highest BCUT2D eigenvalue weighted by Crippen LogP contribution is 2.29. The van der Waals surface area contributed by atoms with Crippen LogP contribution < -0.4 is 10.7 Å². The average molecular weight is 449 g/mol. The number of carbonyl (C=O) groups is 1. The van der Waals surface area contributed by atoms with Gasteiger partial charge in [-0.05, 0) is 57.2 Å². The Hall–Kier alpha value is -2.79. The molecule has 0 spiro atoms. The molecule has 3 aromatic carbocycles. The third-order valence-corrected chi connectivity index (χ3v) is 5.81. The molecule has 0 aromatic heterocycles. The van der Waals surface area contributed by atoms with E-state index in [0.29, 0.717) is 12.0 Å². The number of benzene rings is 3. The van der Waals surface area contributed by atoms with E-state index < -0.39 is 11.6 Å². The molecule has 3 aromatic rings. The fourth-order valence-electron chi connectivity index (χ4n) is 3.89. The zero-order valence-corrected chi connectivity index (χ0v) is 17.7. The van der Waals surface area contributed by atoms with Crippen molar-refractivity contribution in [2.24, 2.45) is 9.98 Å². The number of carboxylic acid groups (broad SMARTS) is 1. The van der Waals surface area contributed by atoms with Gasteiger partial charge in [-0.3, -0.25) is 9.98 Å². The van der Waals surface area contributed by atoms with Gasteiger partial charge in [0.25, 0.3) is 0 Å². The van der Waals surface area contributed by atoms with Gasteiger partial charge in [0.1, 0.15) is 0 Å². The van der Waals surface area contributed by atoms with Crippen molar-refractivity contribution in [1.29, 1.82) is 0 Å². The molecule has 4 rings (SSSR count). The van der Waals surface area contributed by atoms with E-state index in [2.05, 4.69) is 35.0 Å². The lowest BCUT2D eigenvalue weighted by atomic mass is 9.93. The number of hydrogen-bond donors (Lipinski definition) is 1. The van der Waals surface area contributed by atoms with Crippen LogP contribution in [0, 0.1) is 0 Å². The van der Waals surface area contributed by atoms with Crippen molar-refractivity contribution in [3.63, 3.8) is 0 Å². The Morgan fingerprint density at radius 2 is 1.76 bits per heavy atom. The minimum absolute atomic E-state index is 0.309. The summed E-state index contributed by atoms with van der Waals surface area (Å²) in [5.74, 6) is -0.918. The first-order chi connectivity index (χ1) is 14.0. The molecule has 1 N–H and O–H groups in total. The summed E-state index contributed by atoms with van der Waals surface area (Å²) in [6.07, 6.45) is 2.57. The highest BCUT2D eigenvalue weighted by molar-refractivity contribution is 9.10. The zero-order chi connectivity index (χ0) is 20.4. The number of para-hydroxylation sites is 1. The Morgan fingerprint density at radius 3 is 2.45 bits per heavy atom. The minimum atomic E-state index is -0.918. The SMILES string of the molecule is CCCC1(Cc2ccc(-c3ccccc3C(=O)O)cc2)N=c2cccc(Br)c2=N1. The number of aromatic carboxylic acids is 1. The van der Waals surface area contributed by atoms with Crippen LogP contribution >= 0.6 is 15.9 Å². The summed E-state index contributed by atoms with van der Waals surface area (Å²) in [6, 6.07) is 21.1. The first-order valence-corrected chi connectivity index (χ1v) is 10.5. The van der Waals surface area contributed by atoms with Crippen molar-refractivity contribution in [2.45, 2.75) is 31.8 Å². The van der Waals surface area contributed by atoms with Gasteiger partial charge in [-0.25, -0.2) is 4.79 Å².